The molecular formula is C14H20N4O3. The summed E-state index contributed by atoms with van der Waals surface area (Å²) in [6.45, 7) is 3.72. The van der Waals surface area contributed by atoms with Crippen molar-refractivity contribution >= 4 is 11.8 Å². The van der Waals surface area contributed by atoms with Gasteiger partial charge in [-0.25, -0.2) is 0 Å². The molecule has 114 valence electrons. The van der Waals surface area contributed by atoms with Gasteiger partial charge in [-0.1, -0.05) is 5.16 Å². The largest absolute Gasteiger partial charge is 0.345 e. The number of piperidine rings is 1. The molecule has 2 aliphatic heterocycles. The van der Waals surface area contributed by atoms with E-state index in [2.05, 4.69) is 10.1 Å². The van der Waals surface area contributed by atoms with Crippen molar-refractivity contribution in [3.63, 3.8) is 0 Å². The summed E-state index contributed by atoms with van der Waals surface area (Å²) < 4.78 is 5.01. The average molecular weight is 292 g/mol. The van der Waals surface area contributed by atoms with Crippen LogP contribution in [0, 0.1) is 12.8 Å². The van der Waals surface area contributed by atoms with Crippen LogP contribution in [0.1, 0.15) is 36.9 Å². The highest BCUT2D eigenvalue weighted by molar-refractivity contribution is 5.89. The number of nitrogens with zero attached hydrogens (tertiary/aromatic N) is 4. The Morgan fingerprint density at radius 1 is 1.33 bits per heavy atom. The molecule has 0 aromatic carbocycles. The standard InChI is InChI=1S/C14H20N4O3/c1-9-15-13(16-21-9)10-3-5-18(6-4-10)14(20)11-7-12(19)17(2)8-11/h10-11H,3-8H2,1-2H3. The van der Waals surface area contributed by atoms with E-state index in [0.29, 0.717) is 31.9 Å². The lowest BCUT2D eigenvalue weighted by Gasteiger charge is -2.32. The van der Waals surface area contributed by atoms with Crippen LogP contribution in [0.4, 0.5) is 0 Å². The van der Waals surface area contributed by atoms with Crippen LogP contribution in [-0.4, -0.2) is 58.4 Å². The molecule has 1 aromatic heterocycles. The molecule has 0 aliphatic carbocycles. The van der Waals surface area contributed by atoms with Gasteiger partial charge in [0.25, 0.3) is 0 Å². The van der Waals surface area contributed by atoms with Gasteiger partial charge >= 0.3 is 0 Å². The lowest BCUT2D eigenvalue weighted by molar-refractivity contribution is -0.136. The Morgan fingerprint density at radius 3 is 2.57 bits per heavy atom. The van der Waals surface area contributed by atoms with E-state index in [1.165, 1.54) is 0 Å². The summed E-state index contributed by atoms with van der Waals surface area (Å²) in [5.74, 6) is 1.58. The summed E-state index contributed by atoms with van der Waals surface area (Å²) in [4.78, 5) is 31.8. The second-order valence-corrected chi connectivity index (χ2v) is 5.95. The highest BCUT2D eigenvalue weighted by atomic mass is 16.5. The first-order valence-corrected chi connectivity index (χ1v) is 7.37. The number of aryl methyl sites for hydroxylation is 1. The molecule has 2 amide bonds. The summed E-state index contributed by atoms with van der Waals surface area (Å²) in [6, 6.07) is 0. The van der Waals surface area contributed by atoms with Gasteiger partial charge in [0.2, 0.25) is 17.7 Å². The number of rotatable bonds is 2. The van der Waals surface area contributed by atoms with Gasteiger partial charge in [-0.3, -0.25) is 9.59 Å². The molecule has 2 saturated heterocycles. The molecular weight excluding hydrogens is 272 g/mol. The molecule has 0 saturated carbocycles. The van der Waals surface area contributed by atoms with Crippen molar-refractivity contribution in [1.29, 1.82) is 0 Å². The van der Waals surface area contributed by atoms with Crippen LogP contribution >= 0.6 is 0 Å². The predicted octanol–water partition coefficient (Wildman–Crippen LogP) is 0.562. The molecule has 2 aliphatic rings. The number of hydrogen-bond donors (Lipinski definition) is 0. The van der Waals surface area contributed by atoms with Crippen LogP contribution in [0.15, 0.2) is 4.52 Å². The van der Waals surface area contributed by atoms with Crippen molar-refractivity contribution in [2.45, 2.75) is 32.1 Å². The number of carbonyl (C=O) groups is 2. The van der Waals surface area contributed by atoms with Crippen molar-refractivity contribution in [3.05, 3.63) is 11.7 Å². The van der Waals surface area contributed by atoms with Gasteiger partial charge in [-0.2, -0.15) is 4.98 Å². The minimum absolute atomic E-state index is 0.0607. The fourth-order valence-corrected chi connectivity index (χ4v) is 3.13. The van der Waals surface area contributed by atoms with Gasteiger partial charge in [0.15, 0.2) is 5.82 Å². The molecule has 1 atom stereocenters. The second kappa shape index (κ2) is 5.46. The van der Waals surface area contributed by atoms with Crippen molar-refractivity contribution in [2.24, 2.45) is 5.92 Å². The monoisotopic (exact) mass is 292 g/mol. The first kappa shape index (κ1) is 14.0. The molecule has 3 rings (SSSR count). The second-order valence-electron chi connectivity index (χ2n) is 5.95. The Balaban J connectivity index is 1.56. The van der Waals surface area contributed by atoms with Crippen LogP contribution in [0.5, 0.6) is 0 Å². The average Bonchev–Trinajstić information content (AvgIpc) is 3.05. The fourth-order valence-electron chi connectivity index (χ4n) is 3.13. The molecule has 0 spiro atoms. The van der Waals surface area contributed by atoms with Crippen LogP contribution in [0.2, 0.25) is 0 Å². The van der Waals surface area contributed by atoms with Gasteiger partial charge < -0.3 is 14.3 Å². The molecule has 2 fully saturated rings. The van der Waals surface area contributed by atoms with E-state index in [1.54, 1.807) is 18.9 Å². The molecule has 1 unspecified atom stereocenters. The van der Waals surface area contributed by atoms with E-state index in [-0.39, 0.29) is 23.7 Å². The van der Waals surface area contributed by atoms with Gasteiger partial charge in [-0.15, -0.1) is 0 Å². The first-order chi connectivity index (χ1) is 10.0. The van der Waals surface area contributed by atoms with Crippen LogP contribution in [0.25, 0.3) is 0 Å². The highest BCUT2D eigenvalue weighted by Crippen LogP contribution is 2.28. The van der Waals surface area contributed by atoms with Crippen LogP contribution in [-0.2, 0) is 9.59 Å². The van der Waals surface area contributed by atoms with Crippen molar-refractivity contribution < 1.29 is 14.1 Å². The Hall–Kier alpha value is -1.92. The van der Waals surface area contributed by atoms with Crippen LogP contribution in [0.3, 0.4) is 0 Å². The Bertz CT molecular complexity index is 548. The minimum atomic E-state index is -0.175. The lowest BCUT2D eigenvalue weighted by atomic mass is 9.95. The van der Waals surface area contributed by atoms with E-state index in [0.717, 1.165) is 18.7 Å². The van der Waals surface area contributed by atoms with Gasteiger partial charge in [0.05, 0.1) is 5.92 Å². The molecule has 3 heterocycles. The SMILES string of the molecule is Cc1nc(C2CCN(C(=O)C3CC(=O)N(C)C3)CC2)no1. The quantitative estimate of drug-likeness (QED) is 0.796. The zero-order valence-corrected chi connectivity index (χ0v) is 12.4. The molecule has 21 heavy (non-hydrogen) atoms. The molecule has 0 N–H and O–H groups in total. The molecule has 7 nitrogen and oxygen atoms in total. The Kier molecular flexibility index (Phi) is 3.65. The van der Waals surface area contributed by atoms with Gasteiger partial charge in [0.1, 0.15) is 0 Å². The predicted molar refractivity (Wildman–Crippen MR) is 73.3 cm³/mol. The Morgan fingerprint density at radius 2 is 2.05 bits per heavy atom. The number of amides is 2. The van der Waals surface area contributed by atoms with Crippen molar-refractivity contribution in [3.8, 4) is 0 Å². The summed E-state index contributed by atoms with van der Waals surface area (Å²) in [7, 11) is 1.75. The maximum Gasteiger partial charge on any atom is 0.227 e. The third-order valence-electron chi connectivity index (χ3n) is 4.41. The van der Waals surface area contributed by atoms with Crippen LogP contribution < -0.4 is 0 Å². The van der Waals surface area contributed by atoms with Crippen molar-refractivity contribution in [1.82, 2.24) is 19.9 Å². The lowest BCUT2D eigenvalue weighted by Crippen LogP contribution is -2.42. The van der Waals surface area contributed by atoms with E-state index in [4.69, 9.17) is 4.52 Å². The summed E-state index contributed by atoms with van der Waals surface area (Å²) in [6.07, 6.45) is 2.04. The number of carbonyl (C=O) groups excluding carboxylic acids is 2. The number of likely N-dealkylation sites (tertiary alicyclic amines) is 2. The molecule has 0 radical (unpaired) electrons. The number of aromatic nitrogens is 2. The maximum atomic E-state index is 12.4. The first-order valence-electron chi connectivity index (χ1n) is 7.37. The van der Waals surface area contributed by atoms with E-state index in [1.807, 2.05) is 4.90 Å². The maximum absolute atomic E-state index is 12.4. The fraction of sp³-hybridized carbons (Fsp3) is 0.714. The number of hydrogen-bond acceptors (Lipinski definition) is 5. The third-order valence-corrected chi connectivity index (χ3v) is 4.41. The van der Waals surface area contributed by atoms with E-state index >= 15 is 0 Å². The topological polar surface area (TPSA) is 79.5 Å². The molecule has 0 bridgehead atoms. The van der Waals surface area contributed by atoms with Crippen molar-refractivity contribution in [2.75, 3.05) is 26.7 Å². The molecule has 1 aromatic rings. The van der Waals surface area contributed by atoms with Gasteiger partial charge in [-0.05, 0) is 12.8 Å². The smallest absolute Gasteiger partial charge is 0.227 e. The summed E-state index contributed by atoms with van der Waals surface area (Å²) in [5, 5.41) is 3.97. The zero-order chi connectivity index (χ0) is 15.0. The Labute approximate surface area is 123 Å². The third kappa shape index (κ3) is 2.77. The summed E-state index contributed by atoms with van der Waals surface area (Å²) in [5.41, 5.74) is 0. The zero-order valence-electron chi connectivity index (χ0n) is 12.4. The highest BCUT2D eigenvalue weighted by Gasteiger charge is 2.36. The molecule has 7 heteroatoms. The summed E-state index contributed by atoms with van der Waals surface area (Å²) >= 11 is 0. The van der Waals surface area contributed by atoms with E-state index < -0.39 is 0 Å². The normalized spacial score (nSPS) is 23.9. The minimum Gasteiger partial charge on any atom is -0.345 e. The van der Waals surface area contributed by atoms with E-state index in [9.17, 15) is 9.59 Å². The van der Waals surface area contributed by atoms with Gasteiger partial charge in [0, 0.05) is 45.9 Å².